The van der Waals surface area contributed by atoms with Gasteiger partial charge in [0.1, 0.15) is 16.6 Å². The van der Waals surface area contributed by atoms with Gasteiger partial charge in [0.25, 0.3) is 0 Å². The maximum Gasteiger partial charge on any atom is 0.243 e. The van der Waals surface area contributed by atoms with Crippen LogP contribution in [0.25, 0.3) is 0 Å². The molecule has 1 aromatic carbocycles. The van der Waals surface area contributed by atoms with Gasteiger partial charge in [0.2, 0.25) is 11.8 Å². The van der Waals surface area contributed by atoms with E-state index in [0.29, 0.717) is 5.95 Å². The molecule has 94 valence electrons. The molecule has 4 nitrogen and oxygen atoms in total. The van der Waals surface area contributed by atoms with Gasteiger partial charge in [-0.3, -0.25) is 0 Å². The molecule has 0 amide bonds. The number of nitrogens with one attached hydrogen (secondary N) is 1. The molecule has 0 aliphatic rings. The minimum Gasteiger partial charge on any atom is -0.436 e. The maximum absolute atomic E-state index is 12.9. The van der Waals surface area contributed by atoms with Crippen LogP contribution in [0.3, 0.4) is 0 Å². The Morgan fingerprint density at radius 2 is 2.06 bits per heavy atom. The average Bonchev–Trinajstić information content (AvgIpc) is 2.35. The minimum atomic E-state index is -0.447. The SMILES string of the molecule is CNc1ncc(Cl)c(Oc2ccc(F)cc2Cl)n1. The highest BCUT2D eigenvalue weighted by Gasteiger charge is 2.10. The number of hydrogen-bond donors (Lipinski definition) is 1. The number of aromatic nitrogens is 2. The van der Waals surface area contributed by atoms with E-state index in [0.717, 1.165) is 6.07 Å². The first-order valence-corrected chi connectivity index (χ1v) is 5.69. The molecule has 18 heavy (non-hydrogen) atoms. The predicted molar refractivity (Wildman–Crippen MR) is 68.1 cm³/mol. The molecule has 0 aliphatic heterocycles. The fourth-order valence-corrected chi connectivity index (χ4v) is 1.54. The molecule has 0 spiro atoms. The van der Waals surface area contributed by atoms with Crippen LogP contribution < -0.4 is 10.1 Å². The van der Waals surface area contributed by atoms with E-state index in [9.17, 15) is 4.39 Å². The highest BCUT2D eigenvalue weighted by atomic mass is 35.5. The van der Waals surface area contributed by atoms with Gasteiger partial charge in [0.15, 0.2) is 0 Å². The first-order valence-electron chi connectivity index (χ1n) is 4.93. The fraction of sp³-hybridized carbons (Fsp3) is 0.0909. The van der Waals surface area contributed by atoms with E-state index < -0.39 is 5.82 Å². The summed E-state index contributed by atoms with van der Waals surface area (Å²) in [7, 11) is 1.66. The van der Waals surface area contributed by atoms with Gasteiger partial charge in [-0.05, 0) is 18.2 Å². The number of nitrogens with zero attached hydrogens (tertiary/aromatic N) is 2. The van der Waals surface area contributed by atoms with Gasteiger partial charge < -0.3 is 10.1 Å². The standard InChI is InChI=1S/C11H8Cl2FN3O/c1-15-11-16-5-8(13)10(17-11)18-9-3-2-6(14)4-7(9)12/h2-5H,1H3,(H,15,16,17). The minimum absolute atomic E-state index is 0.135. The Hall–Kier alpha value is -1.59. The Balaban J connectivity index is 2.33. The van der Waals surface area contributed by atoms with Crippen molar-refractivity contribution in [2.45, 2.75) is 0 Å². The number of ether oxygens (including phenoxy) is 1. The van der Waals surface area contributed by atoms with Crippen LogP contribution in [0.15, 0.2) is 24.4 Å². The van der Waals surface area contributed by atoms with Gasteiger partial charge in [-0.1, -0.05) is 23.2 Å². The number of benzene rings is 1. The van der Waals surface area contributed by atoms with E-state index in [1.165, 1.54) is 18.3 Å². The van der Waals surface area contributed by atoms with Crippen molar-refractivity contribution in [3.63, 3.8) is 0 Å². The molecule has 0 saturated heterocycles. The monoisotopic (exact) mass is 287 g/mol. The topological polar surface area (TPSA) is 47.0 Å². The second kappa shape index (κ2) is 5.37. The number of halogens is 3. The zero-order valence-corrected chi connectivity index (χ0v) is 10.8. The Labute approximate surface area is 113 Å². The summed E-state index contributed by atoms with van der Waals surface area (Å²) >= 11 is 11.7. The molecule has 1 heterocycles. The molecular formula is C11H8Cl2FN3O. The van der Waals surface area contributed by atoms with Crippen LogP contribution in [0.1, 0.15) is 0 Å². The van der Waals surface area contributed by atoms with Gasteiger partial charge in [-0.25, -0.2) is 9.37 Å². The van der Waals surface area contributed by atoms with Crippen molar-refractivity contribution in [3.05, 3.63) is 40.3 Å². The van der Waals surface area contributed by atoms with Crippen molar-refractivity contribution in [2.24, 2.45) is 0 Å². The Kier molecular flexibility index (Phi) is 3.84. The van der Waals surface area contributed by atoms with Crippen LogP contribution in [0.5, 0.6) is 11.6 Å². The molecule has 1 aromatic heterocycles. The predicted octanol–water partition coefficient (Wildman–Crippen LogP) is 3.76. The summed E-state index contributed by atoms with van der Waals surface area (Å²) in [4.78, 5) is 7.93. The molecule has 1 N–H and O–H groups in total. The lowest BCUT2D eigenvalue weighted by atomic mass is 10.3. The molecule has 0 bridgehead atoms. The first kappa shape index (κ1) is 12.9. The lowest BCUT2D eigenvalue weighted by Gasteiger charge is -2.08. The molecule has 7 heteroatoms. The Bertz CT molecular complexity index is 580. The second-order valence-corrected chi connectivity index (χ2v) is 4.09. The van der Waals surface area contributed by atoms with E-state index in [2.05, 4.69) is 15.3 Å². The average molecular weight is 288 g/mol. The largest absolute Gasteiger partial charge is 0.436 e. The Morgan fingerprint density at radius 3 is 2.72 bits per heavy atom. The summed E-state index contributed by atoms with van der Waals surface area (Å²) in [5.74, 6) is 0.315. The third kappa shape index (κ3) is 2.80. The van der Waals surface area contributed by atoms with Crippen LogP contribution in [-0.2, 0) is 0 Å². The summed E-state index contributed by atoms with van der Waals surface area (Å²) < 4.78 is 18.3. The van der Waals surface area contributed by atoms with Crippen LogP contribution >= 0.6 is 23.2 Å². The van der Waals surface area contributed by atoms with Crippen molar-refractivity contribution in [3.8, 4) is 11.6 Å². The first-order chi connectivity index (χ1) is 8.60. The molecular weight excluding hydrogens is 280 g/mol. The van der Waals surface area contributed by atoms with Crippen molar-refractivity contribution < 1.29 is 9.13 Å². The summed E-state index contributed by atoms with van der Waals surface area (Å²) in [6.45, 7) is 0. The van der Waals surface area contributed by atoms with Gasteiger partial charge >= 0.3 is 0 Å². The zero-order chi connectivity index (χ0) is 13.1. The number of hydrogen-bond acceptors (Lipinski definition) is 4. The van der Waals surface area contributed by atoms with E-state index in [-0.39, 0.29) is 21.7 Å². The van der Waals surface area contributed by atoms with E-state index >= 15 is 0 Å². The number of anilines is 1. The molecule has 0 fully saturated rings. The van der Waals surface area contributed by atoms with Crippen molar-refractivity contribution >= 4 is 29.2 Å². The van der Waals surface area contributed by atoms with E-state index in [1.807, 2.05) is 0 Å². The highest BCUT2D eigenvalue weighted by molar-refractivity contribution is 6.32. The van der Waals surface area contributed by atoms with E-state index in [1.54, 1.807) is 7.05 Å². The van der Waals surface area contributed by atoms with Crippen LogP contribution in [0.2, 0.25) is 10.0 Å². The van der Waals surface area contributed by atoms with Crippen molar-refractivity contribution in [1.82, 2.24) is 9.97 Å². The fourth-order valence-electron chi connectivity index (χ4n) is 1.21. The summed E-state index contributed by atoms with van der Waals surface area (Å²) in [6.07, 6.45) is 1.40. The molecule has 2 aromatic rings. The second-order valence-electron chi connectivity index (χ2n) is 3.27. The Morgan fingerprint density at radius 1 is 1.28 bits per heavy atom. The normalized spacial score (nSPS) is 10.2. The lowest BCUT2D eigenvalue weighted by Crippen LogP contribution is -1.98. The van der Waals surface area contributed by atoms with Gasteiger partial charge in [-0.2, -0.15) is 4.98 Å². The molecule has 0 aliphatic carbocycles. The van der Waals surface area contributed by atoms with Crippen molar-refractivity contribution in [2.75, 3.05) is 12.4 Å². The quantitative estimate of drug-likeness (QED) is 0.934. The van der Waals surface area contributed by atoms with Crippen molar-refractivity contribution in [1.29, 1.82) is 0 Å². The van der Waals surface area contributed by atoms with Crippen LogP contribution in [0.4, 0.5) is 10.3 Å². The summed E-state index contributed by atoms with van der Waals surface area (Å²) in [5.41, 5.74) is 0. The smallest absolute Gasteiger partial charge is 0.243 e. The molecule has 0 saturated carbocycles. The van der Waals surface area contributed by atoms with Gasteiger partial charge in [0.05, 0.1) is 11.2 Å². The molecule has 0 radical (unpaired) electrons. The van der Waals surface area contributed by atoms with Gasteiger partial charge in [0, 0.05) is 7.05 Å². The highest BCUT2D eigenvalue weighted by Crippen LogP contribution is 2.32. The van der Waals surface area contributed by atoms with Gasteiger partial charge in [-0.15, -0.1) is 0 Å². The third-order valence-corrected chi connectivity index (χ3v) is 2.59. The van der Waals surface area contributed by atoms with Crippen LogP contribution in [0, 0.1) is 5.82 Å². The summed E-state index contributed by atoms with van der Waals surface area (Å²) in [6, 6.07) is 3.77. The van der Waals surface area contributed by atoms with Crippen LogP contribution in [-0.4, -0.2) is 17.0 Å². The number of rotatable bonds is 3. The third-order valence-electron chi connectivity index (χ3n) is 2.04. The summed E-state index contributed by atoms with van der Waals surface area (Å²) in [5, 5.41) is 3.12. The molecule has 2 rings (SSSR count). The maximum atomic E-state index is 12.9. The lowest BCUT2D eigenvalue weighted by molar-refractivity contribution is 0.461. The zero-order valence-electron chi connectivity index (χ0n) is 9.25. The molecule has 0 unspecified atom stereocenters. The van der Waals surface area contributed by atoms with E-state index in [4.69, 9.17) is 27.9 Å². The molecule has 0 atom stereocenters.